The van der Waals surface area contributed by atoms with Gasteiger partial charge in [-0.25, -0.2) is 0 Å². The molecule has 0 aliphatic heterocycles. The van der Waals surface area contributed by atoms with E-state index in [0.29, 0.717) is 12.3 Å². The minimum absolute atomic E-state index is 0.0326. The first kappa shape index (κ1) is 12.4. The van der Waals surface area contributed by atoms with Crippen molar-refractivity contribution in [1.82, 2.24) is 5.32 Å². The van der Waals surface area contributed by atoms with Crippen molar-refractivity contribution in [3.8, 4) is 0 Å². The van der Waals surface area contributed by atoms with E-state index >= 15 is 0 Å². The molecule has 3 nitrogen and oxygen atoms in total. The largest absolute Gasteiger partial charge is 0.462 e. The van der Waals surface area contributed by atoms with E-state index in [-0.39, 0.29) is 6.61 Å². The number of hydrogen-bond donors (Lipinski definition) is 2. The van der Waals surface area contributed by atoms with E-state index < -0.39 is 0 Å². The Bertz CT molecular complexity index is 286. The van der Waals surface area contributed by atoms with E-state index in [1.165, 1.54) is 0 Å². The molecule has 0 spiro atoms. The minimum atomic E-state index is -0.0326. The molecule has 2 N–H and O–H groups in total. The minimum Gasteiger partial charge on any atom is -0.462 e. The Labute approximate surface area is 94.6 Å². The zero-order valence-corrected chi connectivity index (χ0v) is 9.55. The van der Waals surface area contributed by atoms with Crippen LogP contribution in [0.4, 0.5) is 0 Å². The lowest BCUT2D eigenvalue weighted by Crippen LogP contribution is -2.16. The summed E-state index contributed by atoms with van der Waals surface area (Å²) in [5.74, 6) is 3.55. The number of aliphatic hydroxyl groups excluding tert-OH is 1. The molecule has 0 atom stereocenters. The standard InChI is InChI=1S/C11H17NO2S/c1-2-6-15-7-5-12-8-10-3-4-11(9-13)14-10/h2-4,12-13H,1,5-9H2. The van der Waals surface area contributed by atoms with Crippen LogP contribution in [0.3, 0.4) is 0 Å². The molecular weight excluding hydrogens is 210 g/mol. The van der Waals surface area contributed by atoms with Crippen molar-refractivity contribution in [2.24, 2.45) is 0 Å². The quantitative estimate of drug-likeness (QED) is 0.525. The van der Waals surface area contributed by atoms with Crippen LogP contribution >= 0.6 is 11.8 Å². The average Bonchev–Trinajstić information content (AvgIpc) is 2.71. The molecule has 0 amide bonds. The molecule has 0 saturated carbocycles. The highest BCUT2D eigenvalue weighted by atomic mass is 32.2. The fourth-order valence-electron chi connectivity index (χ4n) is 1.12. The number of furan rings is 1. The molecule has 0 bridgehead atoms. The van der Waals surface area contributed by atoms with Crippen LogP contribution in [-0.2, 0) is 13.2 Å². The molecule has 0 radical (unpaired) electrons. The first-order chi connectivity index (χ1) is 7.36. The summed E-state index contributed by atoms with van der Waals surface area (Å²) in [7, 11) is 0. The van der Waals surface area contributed by atoms with Crippen molar-refractivity contribution in [3.63, 3.8) is 0 Å². The number of aliphatic hydroxyl groups is 1. The van der Waals surface area contributed by atoms with Gasteiger partial charge < -0.3 is 14.8 Å². The number of thioether (sulfide) groups is 1. The van der Waals surface area contributed by atoms with Gasteiger partial charge in [-0.3, -0.25) is 0 Å². The lowest BCUT2D eigenvalue weighted by atomic mass is 10.4. The van der Waals surface area contributed by atoms with Gasteiger partial charge in [0.1, 0.15) is 18.1 Å². The molecule has 4 heteroatoms. The van der Waals surface area contributed by atoms with Crippen molar-refractivity contribution < 1.29 is 9.52 Å². The highest BCUT2D eigenvalue weighted by Gasteiger charge is 1.99. The summed E-state index contributed by atoms with van der Waals surface area (Å²) < 4.78 is 5.33. The van der Waals surface area contributed by atoms with Crippen molar-refractivity contribution in [3.05, 3.63) is 36.3 Å². The zero-order chi connectivity index (χ0) is 10.9. The van der Waals surface area contributed by atoms with Gasteiger partial charge in [0, 0.05) is 18.1 Å². The first-order valence-electron chi connectivity index (χ1n) is 4.94. The normalized spacial score (nSPS) is 10.5. The zero-order valence-electron chi connectivity index (χ0n) is 8.74. The van der Waals surface area contributed by atoms with Crippen molar-refractivity contribution in [1.29, 1.82) is 0 Å². The first-order valence-corrected chi connectivity index (χ1v) is 6.10. The second-order valence-electron chi connectivity index (χ2n) is 3.07. The number of hydrogen-bond acceptors (Lipinski definition) is 4. The van der Waals surface area contributed by atoms with Crippen molar-refractivity contribution >= 4 is 11.8 Å². The molecular formula is C11H17NO2S. The van der Waals surface area contributed by atoms with Gasteiger partial charge in [0.2, 0.25) is 0 Å². The van der Waals surface area contributed by atoms with Gasteiger partial charge in [-0.2, -0.15) is 11.8 Å². The SMILES string of the molecule is C=CCSCCNCc1ccc(CO)o1. The third-order valence-electron chi connectivity index (χ3n) is 1.83. The maximum absolute atomic E-state index is 8.79. The topological polar surface area (TPSA) is 45.4 Å². The number of nitrogens with one attached hydrogen (secondary N) is 1. The summed E-state index contributed by atoms with van der Waals surface area (Å²) in [6.45, 7) is 5.29. The Hall–Kier alpha value is -0.710. The molecule has 15 heavy (non-hydrogen) atoms. The van der Waals surface area contributed by atoms with Gasteiger partial charge in [0.15, 0.2) is 0 Å². The van der Waals surface area contributed by atoms with Crippen LogP contribution in [0.2, 0.25) is 0 Å². The van der Waals surface area contributed by atoms with E-state index in [4.69, 9.17) is 9.52 Å². The molecule has 0 saturated heterocycles. The highest BCUT2D eigenvalue weighted by Crippen LogP contribution is 2.07. The summed E-state index contributed by atoms with van der Waals surface area (Å²) in [6.07, 6.45) is 1.91. The molecule has 0 aliphatic carbocycles. The Morgan fingerprint density at radius 1 is 1.47 bits per heavy atom. The van der Waals surface area contributed by atoms with Gasteiger partial charge in [-0.05, 0) is 12.1 Å². The smallest absolute Gasteiger partial charge is 0.129 e. The van der Waals surface area contributed by atoms with Crippen molar-refractivity contribution in [2.45, 2.75) is 13.2 Å². The summed E-state index contributed by atoms with van der Waals surface area (Å²) in [5, 5.41) is 12.1. The molecule has 1 rings (SSSR count). The average molecular weight is 227 g/mol. The van der Waals surface area contributed by atoms with E-state index in [2.05, 4.69) is 11.9 Å². The Kier molecular flexibility index (Phi) is 6.23. The van der Waals surface area contributed by atoms with E-state index in [1.807, 2.05) is 23.9 Å². The van der Waals surface area contributed by atoms with E-state index in [9.17, 15) is 0 Å². The second-order valence-corrected chi connectivity index (χ2v) is 4.22. The van der Waals surface area contributed by atoms with Gasteiger partial charge >= 0.3 is 0 Å². The third-order valence-corrected chi connectivity index (χ3v) is 2.80. The van der Waals surface area contributed by atoms with Crippen LogP contribution in [0.25, 0.3) is 0 Å². The van der Waals surface area contributed by atoms with Crippen LogP contribution in [-0.4, -0.2) is 23.2 Å². The number of rotatable bonds is 8. The fraction of sp³-hybridized carbons (Fsp3) is 0.455. The van der Waals surface area contributed by atoms with Gasteiger partial charge in [0.05, 0.1) is 6.54 Å². The molecule has 1 heterocycles. The summed E-state index contributed by atoms with van der Waals surface area (Å²) in [4.78, 5) is 0. The molecule has 84 valence electrons. The van der Waals surface area contributed by atoms with Gasteiger partial charge in [-0.15, -0.1) is 6.58 Å². The summed E-state index contributed by atoms with van der Waals surface area (Å²) in [5.41, 5.74) is 0. The fourth-order valence-corrected chi connectivity index (χ4v) is 1.75. The monoisotopic (exact) mass is 227 g/mol. The molecule has 0 aromatic carbocycles. The van der Waals surface area contributed by atoms with Gasteiger partial charge in [-0.1, -0.05) is 6.08 Å². The predicted molar refractivity (Wildman–Crippen MR) is 63.9 cm³/mol. The van der Waals surface area contributed by atoms with Crippen LogP contribution < -0.4 is 5.32 Å². The van der Waals surface area contributed by atoms with Crippen LogP contribution in [0.5, 0.6) is 0 Å². The molecule has 0 aliphatic rings. The van der Waals surface area contributed by atoms with Crippen LogP contribution in [0.15, 0.2) is 29.2 Å². The van der Waals surface area contributed by atoms with Crippen molar-refractivity contribution in [2.75, 3.05) is 18.1 Å². The lowest BCUT2D eigenvalue weighted by molar-refractivity contribution is 0.243. The maximum Gasteiger partial charge on any atom is 0.129 e. The molecule has 0 unspecified atom stereocenters. The summed E-state index contributed by atoms with van der Waals surface area (Å²) in [6, 6.07) is 3.68. The summed E-state index contributed by atoms with van der Waals surface area (Å²) >= 11 is 1.85. The maximum atomic E-state index is 8.79. The Balaban J connectivity index is 2.06. The van der Waals surface area contributed by atoms with E-state index in [1.54, 1.807) is 6.07 Å². The van der Waals surface area contributed by atoms with Crippen LogP contribution in [0.1, 0.15) is 11.5 Å². The molecule has 1 aromatic rings. The second kappa shape index (κ2) is 7.56. The predicted octanol–water partition coefficient (Wildman–Crippen LogP) is 1.78. The third kappa shape index (κ3) is 5.06. The molecule has 0 fully saturated rings. The lowest BCUT2D eigenvalue weighted by Gasteiger charge is -2.01. The highest BCUT2D eigenvalue weighted by molar-refractivity contribution is 7.99. The Morgan fingerprint density at radius 2 is 2.27 bits per heavy atom. The molecule has 1 aromatic heterocycles. The Morgan fingerprint density at radius 3 is 2.93 bits per heavy atom. The van der Waals surface area contributed by atoms with Gasteiger partial charge in [0.25, 0.3) is 0 Å². The van der Waals surface area contributed by atoms with E-state index in [0.717, 1.165) is 23.8 Å². The van der Waals surface area contributed by atoms with Crippen LogP contribution in [0, 0.1) is 0 Å².